The zero-order valence-electron chi connectivity index (χ0n) is 21.0. The third kappa shape index (κ3) is 4.55. The minimum Gasteiger partial charge on any atom is -0.324 e. The van der Waals surface area contributed by atoms with Gasteiger partial charge in [0.05, 0.1) is 16.6 Å². The van der Waals surface area contributed by atoms with Gasteiger partial charge in [0.25, 0.3) is 0 Å². The predicted octanol–water partition coefficient (Wildman–Crippen LogP) is 5.45. The third-order valence-electron chi connectivity index (χ3n) is 7.08. The number of nitrogens with one attached hydrogen (secondary N) is 1. The number of anilines is 2. The van der Waals surface area contributed by atoms with Crippen molar-refractivity contribution in [2.45, 2.75) is 29.7 Å². The number of aryl methyl sites for hydroxylation is 1. The van der Waals surface area contributed by atoms with Gasteiger partial charge in [0.15, 0.2) is 0 Å². The minimum absolute atomic E-state index is 0.261. The Morgan fingerprint density at radius 2 is 1.68 bits per heavy atom. The van der Waals surface area contributed by atoms with Crippen LogP contribution < -0.4 is 15.1 Å². The van der Waals surface area contributed by atoms with Gasteiger partial charge in [-0.3, -0.25) is 23.7 Å². The van der Waals surface area contributed by atoms with E-state index in [1.165, 1.54) is 16.7 Å². The molecule has 3 aromatic carbocycles. The van der Waals surface area contributed by atoms with Gasteiger partial charge in [0, 0.05) is 21.5 Å². The SMILES string of the molecule is Cc1ccccc1NC(=O)Cn1c2c(sc1=O)[C@@H](c1ccc(F)cc1)[C@@H]1C(=O)N(c3ccc(Cl)cc3)C(=O)[C@@H]1S2. The number of rotatable bonds is 5. The molecule has 11 heteroatoms. The number of halogens is 2. The highest BCUT2D eigenvalue weighted by atomic mass is 35.5. The number of para-hydroxylation sites is 1. The van der Waals surface area contributed by atoms with E-state index in [1.807, 2.05) is 19.1 Å². The van der Waals surface area contributed by atoms with Crippen LogP contribution in [0.1, 0.15) is 21.9 Å². The van der Waals surface area contributed by atoms with Gasteiger partial charge in [-0.15, -0.1) is 0 Å². The minimum atomic E-state index is -0.842. The number of aromatic nitrogens is 1. The van der Waals surface area contributed by atoms with Gasteiger partial charge >= 0.3 is 4.87 Å². The number of hydrogen-bond donors (Lipinski definition) is 1. The van der Waals surface area contributed by atoms with Crippen LogP contribution in [-0.2, 0) is 20.9 Å². The number of amides is 3. The van der Waals surface area contributed by atoms with Crippen molar-refractivity contribution in [3.8, 4) is 0 Å². The van der Waals surface area contributed by atoms with Gasteiger partial charge in [-0.2, -0.15) is 0 Å². The molecule has 0 bridgehead atoms. The van der Waals surface area contributed by atoms with Gasteiger partial charge in [-0.25, -0.2) is 9.29 Å². The first kappa shape index (κ1) is 26.5. The Labute approximate surface area is 241 Å². The number of nitrogens with zero attached hydrogens (tertiary/aromatic N) is 2. The van der Waals surface area contributed by atoms with Crippen molar-refractivity contribution >= 4 is 63.8 Å². The van der Waals surface area contributed by atoms with E-state index in [-0.39, 0.29) is 11.4 Å². The number of thioether (sulfide) groups is 1. The topological polar surface area (TPSA) is 88.5 Å². The van der Waals surface area contributed by atoms with E-state index in [4.69, 9.17) is 11.6 Å². The highest BCUT2D eigenvalue weighted by molar-refractivity contribution is 8.00. The second kappa shape index (κ2) is 10.3. The van der Waals surface area contributed by atoms with E-state index in [0.717, 1.165) is 33.6 Å². The molecule has 4 aromatic rings. The molecule has 1 fully saturated rings. The molecule has 0 saturated carbocycles. The van der Waals surface area contributed by atoms with Crippen molar-refractivity contribution in [3.05, 3.63) is 109 Å². The Morgan fingerprint density at radius 3 is 2.38 bits per heavy atom. The second-order valence-electron chi connectivity index (χ2n) is 9.57. The van der Waals surface area contributed by atoms with Crippen LogP contribution in [0.4, 0.5) is 15.8 Å². The standard InChI is InChI=1S/C29H21ClFN3O4S2/c1-15-4-2-3-5-20(15)32-21(35)14-33-28-25(40-29(33)38)22(16-6-10-18(31)11-7-16)23-24(39-28)27(37)34(26(23)36)19-12-8-17(30)9-13-19/h2-13,22-24H,14H2,1H3,(H,32,35)/t22-,23-,24+/m0/s1. The smallest absolute Gasteiger partial charge is 0.308 e. The molecule has 2 aliphatic heterocycles. The van der Waals surface area contributed by atoms with Crippen molar-refractivity contribution in [2.24, 2.45) is 5.92 Å². The summed E-state index contributed by atoms with van der Waals surface area (Å²) in [5, 5.41) is 2.93. The molecule has 3 heterocycles. The van der Waals surface area contributed by atoms with Gasteiger partial charge < -0.3 is 5.32 Å². The lowest BCUT2D eigenvalue weighted by atomic mass is 9.83. The summed E-state index contributed by atoms with van der Waals surface area (Å²) in [5.41, 5.74) is 2.51. The molecule has 3 amide bonds. The Balaban J connectivity index is 1.41. The maximum Gasteiger partial charge on any atom is 0.308 e. The van der Waals surface area contributed by atoms with E-state index >= 15 is 0 Å². The summed E-state index contributed by atoms with van der Waals surface area (Å²) in [6, 6.07) is 19.4. The average molecular weight is 594 g/mol. The van der Waals surface area contributed by atoms with Crippen molar-refractivity contribution < 1.29 is 18.8 Å². The first-order valence-electron chi connectivity index (χ1n) is 12.4. The summed E-state index contributed by atoms with van der Waals surface area (Å²) >= 11 is 8.08. The molecule has 1 aromatic heterocycles. The van der Waals surface area contributed by atoms with Crippen LogP contribution in [0.25, 0.3) is 0 Å². The number of carbonyl (C=O) groups excluding carboxylic acids is 3. The lowest BCUT2D eigenvalue weighted by molar-refractivity contribution is -0.122. The summed E-state index contributed by atoms with van der Waals surface area (Å²) < 4.78 is 15.2. The molecule has 3 atom stereocenters. The van der Waals surface area contributed by atoms with E-state index < -0.39 is 40.6 Å². The summed E-state index contributed by atoms with van der Waals surface area (Å²) in [7, 11) is 0. The van der Waals surface area contributed by atoms with Gasteiger partial charge in [0.2, 0.25) is 17.7 Å². The summed E-state index contributed by atoms with van der Waals surface area (Å²) in [4.78, 5) is 55.2. The quantitative estimate of drug-likeness (QED) is 0.311. The second-order valence-corrected chi connectivity index (χ2v) is 12.1. The number of hydrogen-bond acceptors (Lipinski definition) is 6. The number of thiazole rings is 1. The molecule has 202 valence electrons. The van der Waals surface area contributed by atoms with Crippen molar-refractivity contribution in [1.29, 1.82) is 0 Å². The lowest BCUT2D eigenvalue weighted by Gasteiger charge is -2.30. The van der Waals surface area contributed by atoms with E-state index in [2.05, 4.69) is 5.32 Å². The van der Waals surface area contributed by atoms with E-state index in [9.17, 15) is 23.6 Å². The Hall–Kier alpha value is -3.73. The molecule has 2 aliphatic rings. The maximum absolute atomic E-state index is 13.9. The van der Waals surface area contributed by atoms with E-state index in [0.29, 0.717) is 31.9 Å². The van der Waals surface area contributed by atoms with E-state index in [1.54, 1.807) is 48.5 Å². The Bertz CT molecular complexity index is 1720. The fourth-order valence-corrected chi connectivity index (χ4v) is 8.07. The lowest BCUT2D eigenvalue weighted by Crippen LogP contribution is -2.33. The first-order valence-corrected chi connectivity index (χ1v) is 14.4. The van der Waals surface area contributed by atoms with Crippen molar-refractivity contribution in [1.82, 2.24) is 4.57 Å². The highest BCUT2D eigenvalue weighted by Crippen LogP contribution is 2.53. The Kier molecular flexibility index (Phi) is 6.85. The van der Waals surface area contributed by atoms with Gasteiger partial charge in [0.1, 0.15) is 17.6 Å². The number of imide groups is 1. The number of benzene rings is 3. The normalized spacial score (nSPS) is 19.9. The highest BCUT2D eigenvalue weighted by Gasteiger charge is 2.56. The zero-order valence-corrected chi connectivity index (χ0v) is 23.4. The van der Waals surface area contributed by atoms with Crippen LogP contribution in [0, 0.1) is 18.7 Å². The van der Waals surface area contributed by atoms with Crippen LogP contribution >= 0.6 is 34.7 Å². The number of fused-ring (bicyclic) bond motifs is 2. The van der Waals surface area contributed by atoms with Crippen LogP contribution in [-0.4, -0.2) is 27.5 Å². The Morgan fingerprint density at radius 1 is 0.975 bits per heavy atom. The average Bonchev–Trinajstić information content (AvgIpc) is 3.37. The van der Waals surface area contributed by atoms with Gasteiger partial charge in [-0.05, 0) is 60.5 Å². The molecule has 7 nitrogen and oxygen atoms in total. The van der Waals surface area contributed by atoms with Crippen LogP contribution in [0.5, 0.6) is 0 Å². The summed E-state index contributed by atoms with van der Waals surface area (Å²) in [6.45, 7) is 1.61. The molecule has 0 aliphatic carbocycles. The molecule has 0 unspecified atom stereocenters. The molecule has 0 radical (unpaired) electrons. The third-order valence-corrected chi connectivity index (χ3v) is 9.94. The molecule has 6 rings (SSSR count). The monoisotopic (exact) mass is 593 g/mol. The molecule has 40 heavy (non-hydrogen) atoms. The fraction of sp³-hybridized carbons (Fsp3) is 0.172. The largest absolute Gasteiger partial charge is 0.324 e. The maximum atomic E-state index is 13.9. The summed E-state index contributed by atoms with van der Waals surface area (Å²) in [5.74, 6) is -3.16. The van der Waals surface area contributed by atoms with Crippen molar-refractivity contribution in [2.75, 3.05) is 10.2 Å². The molecular formula is C29H21ClFN3O4S2. The van der Waals surface area contributed by atoms with Crippen LogP contribution in [0.2, 0.25) is 5.02 Å². The molecule has 1 saturated heterocycles. The van der Waals surface area contributed by atoms with Gasteiger partial charge in [-0.1, -0.05) is 65.0 Å². The molecule has 0 spiro atoms. The van der Waals surface area contributed by atoms with Crippen molar-refractivity contribution in [3.63, 3.8) is 0 Å². The molecule has 1 N–H and O–H groups in total. The first-order chi connectivity index (χ1) is 19.2. The fourth-order valence-electron chi connectivity index (χ4n) is 5.18. The van der Waals surface area contributed by atoms with Crippen LogP contribution in [0.15, 0.2) is 82.6 Å². The zero-order chi connectivity index (χ0) is 28.1. The molecular weight excluding hydrogens is 573 g/mol. The predicted molar refractivity (Wildman–Crippen MR) is 154 cm³/mol. The summed E-state index contributed by atoms with van der Waals surface area (Å²) in [6.07, 6.45) is 0. The van der Waals surface area contributed by atoms with Crippen LogP contribution in [0.3, 0.4) is 0 Å². The number of carbonyl (C=O) groups is 3.